The van der Waals surface area contributed by atoms with Crippen molar-refractivity contribution in [1.82, 2.24) is 5.32 Å². The van der Waals surface area contributed by atoms with Gasteiger partial charge in [-0.2, -0.15) is 0 Å². The number of carbonyl (C=O) groups excluding carboxylic acids is 2. The zero-order valence-electron chi connectivity index (χ0n) is 15.2. The number of para-hydroxylation sites is 1. The number of benzene rings is 2. The molecule has 1 unspecified atom stereocenters. The zero-order valence-corrected chi connectivity index (χ0v) is 15.2. The molecular weight excluding hydrogens is 340 g/mol. The smallest absolute Gasteiger partial charge is 0.227 e. The number of nitrogens with one attached hydrogen (secondary N) is 1. The Morgan fingerprint density at radius 1 is 1.07 bits per heavy atom. The molecule has 2 N–H and O–H groups in total. The number of aliphatic hydroxyl groups excluding tert-OH is 1. The normalized spacial score (nSPS) is 13.2. The lowest BCUT2D eigenvalue weighted by atomic mass is 10.0. The van der Waals surface area contributed by atoms with Crippen molar-refractivity contribution in [1.29, 1.82) is 0 Å². The molecule has 0 bridgehead atoms. The molecule has 0 saturated heterocycles. The van der Waals surface area contributed by atoms with Crippen molar-refractivity contribution in [3.8, 4) is 11.8 Å². The average Bonchev–Trinajstić information content (AvgIpc) is 2.67. The van der Waals surface area contributed by atoms with Gasteiger partial charge in [0.1, 0.15) is 0 Å². The van der Waals surface area contributed by atoms with Crippen LogP contribution in [0.4, 0.5) is 5.69 Å². The molecule has 0 fully saturated rings. The summed E-state index contributed by atoms with van der Waals surface area (Å²) in [5.41, 5.74) is 3.43. The van der Waals surface area contributed by atoms with Crippen LogP contribution in [-0.4, -0.2) is 29.6 Å². The Hall–Kier alpha value is -3.10. The molecule has 1 heterocycles. The van der Waals surface area contributed by atoms with Gasteiger partial charge in [0.25, 0.3) is 0 Å². The molecule has 1 aliphatic rings. The minimum Gasteiger partial charge on any atom is -0.394 e. The molecule has 0 saturated carbocycles. The first-order chi connectivity index (χ1) is 13.1. The largest absolute Gasteiger partial charge is 0.394 e. The van der Waals surface area contributed by atoms with Crippen LogP contribution in [0.15, 0.2) is 48.5 Å². The van der Waals surface area contributed by atoms with Gasteiger partial charge in [-0.25, -0.2) is 0 Å². The lowest BCUT2D eigenvalue weighted by molar-refractivity contribution is -0.125. The summed E-state index contributed by atoms with van der Waals surface area (Å²) in [6.07, 6.45) is 0.170. The zero-order chi connectivity index (χ0) is 19.2. The number of carbonyl (C=O) groups is 2. The van der Waals surface area contributed by atoms with E-state index >= 15 is 0 Å². The standard InChI is InChI=1S/C22H22N2O3/c1-16(15-25)23-21(26)12-13-22(27)24-14-19-8-3-2-6-17(19)10-11-18-7-4-5-9-20(18)24/h2-9,16,25H,12-15H2,1H3,(H,23,26). The summed E-state index contributed by atoms with van der Waals surface area (Å²) >= 11 is 0. The highest BCUT2D eigenvalue weighted by Gasteiger charge is 2.21. The van der Waals surface area contributed by atoms with Crippen LogP contribution in [0.1, 0.15) is 36.5 Å². The number of aliphatic hydroxyl groups is 1. The van der Waals surface area contributed by atoms with Crippen LogP contribution in [0.3, 0.4) is 0 Å². The molecule has 5 heteroatoms. The molecule has 0 aliphatic carbocycles. The molecule has 2 amide bonds. The van der Waals surface area contributed by atoms with E-state index in [1.165, 1.54) is 0 Å². The highest BCUT2D eigenvalue weighted by molar-refractivity contribution is 5.96. The van der Waals surface area contributed by atoms with E-state index in [9.17, 15) is 9.59 Å². The van der Waals surface area contributed by atoms with Gasteiger partial charge in [-0.05, 0) is 30.7 Å². The van der Waals surface area contributed by atoms with Gasteiger partial charge in [-0.3, -0.25) is 9.59 Å². The number of anilines is 1. The highest BCUT2D eigenvalue weighted by atomic mass is 16.3. The Labute approximate surface area is 159 Å². The summed E-state index contributed by atoms with van der Waals surface area (Å²) in [5.74, 6) is 5.96. The van der Waals surface area contributed by atoms with E-state index in [2.05, 4.69) is 17.2 Å². The van der Waals surface area contributed by atoms with E-state index in [1.807, 2.05) is 48.5 Å². The molecule has 1 atom stereocenters. The van der Waals surface area contributed by atoms with Crippen molar-refractivity contribution in [2.24, 2.45) is 0 Å². The van der Waals surface area contributed by atoms with E-state index in [1.54, 1.807) is 11.8 Å². The molecule has 5 nitrogen and oxygen atoms in total. The third-order valence-electron chi connectivity index (χ3n) is 4.42. The second kappa shape index (κ2) is 8.52. The SMILES string of the molecule is CC(CO)NC(=O)CCC(=O)N1Cc2ccccc2C#Cc2ccccc21. The van der Waals surface area contributed by atoms with Crippen molar-refractivity contribution in [3.05, 3.63) is 65.2 Å². The lowest BCUT2D eigenvalue weighted by Gasteiger charge is -2.26. The van der Waals surface area contributed by atoms with Gasteiger partial charge in [-0.1, -0.05) is 42.2 Å². The van der Waals surface area contributed by atoms with Gasteiger partial charge in [0.2, 0.25) is 11.8 Å². The molecule has 2 aromatic rings. The quantitative estimate of drug-likeness (QED) is 0.802. The third-order valence-corrected chi connectivity index (χ3v) is 4.42. The van der Waals surface area contributed by atoms with Crippen molar-refractivity contribution in [2.45, 2.75) is 32.4 Å². The van der Waals surface area contributed by atoms with Crippen LogP contribution < -0.4 is 10.2 Å². The number of rotatable bonds is 5. The van der Waals surface area contributed by atoms with Gasteiger partial charge in [0.15, 0.2) is 0 Å². The summed E-state index contributed by atoms with van der Waals surface area (Å²) in [7, 11) is 0. The first kappa shape index (κ1) is 18.7. The predicted molar refractivity (Wildman–Crippen MR) is 104 cm³/mol. The van der Waals surface area contributed by atoms with E-state index in [4.69, 9.17) is 5.11 Å². The van der Waals surface area contributed by atoms with E-state index in [0.717, 1.165) is 22.4 Å². The van der Waals surface area contributed by atoms with E-state index in [-0.39, 0.29) is 37.3 Å². The fourth-order valence-corrected chi connectivity index (χ4v) is 2.96. The maximum absolute atomic E-state index is 12.9. The monoisotopic (exact) mass is 362 g/mol. The first-order valence-electron chi connectivity index (χ1n) is 8.98. The van der Waals surface area contributed by atoms with Gasteiger partial charge < -0.3 is 15.3 Å². The van der Waals surface area contributed by atoms with Crippen LogP contribution >= 0.6 is 0 Å². The van der Waals surface area contributed by atoms with Crippen LogP contribution in [0, 0.1) is 11.8 Å². The molecule has 0 radical (unpaired) electrons. The van der Waals surface area contributed by atoms with Crippen LogP contribution in [-0.2, 0) is 16.1 Å². The third kappa shape index (κ3) is 4.55. The number of hydrogen-bond acceptors (Lipinski definition) is 3. The average molecular weight is 362 g/mol. The van der Waals surface area contributed by atoms with E-state index < -0.39 is 0 Å². The Kier molecular flexibility index (Phi) is 5.90. The molecule has 138 valence electrons. The molecule has 0 aromatic heterocycles. The summed E-state index contributed by atoms with van der Waals surface area (Å²) in [6.45, 7) is 1.99. The molecular formula is C22H22N2O3. The molecule has 3 rings (SSSR count). The van der Waals surface area contributed by atoms with Gasteiger partial charge in [0.05, 0.1) is 18.8 Å². The van der Waals surface area contributed by atoms with E-state index in [0.29, 0.717) is 6.54 Å². The van der Waals surface area contributed by atoms with Gasteiger partial charge >= 0.3 is 0 Å². The molecule has 0 spiro atoms. The topological polar surface area (TPSA) is 69.6 Å². The number of amides is 2. The van der Waals surface area contributed by atoms with Gasteiger partial charge in [0, 0.05) is 30.0 Å². The minimum absolute atomic E-state index is 0.0785. The Morgan fingerprint density at radius 2 is 1.74 bits per heavy atom. The fourth-order valence-electron chi connectivity index (χ4n) is 2.96. The highest BCUT2D eigenvalue weighted by Crippen LogP contribution is 2.26. The number of nitrogens with zero attached hydrogens (tertiary/aromatic N) is 1. The number of hydrogen-bond donors (Lipinski definition) is 2. The second-order valence-corrected chi connectivity index (χ2v) is 6.56. The summed E-state index contributed by atoms with van der Waals surface area (Å²) < 4.78 is 0. The van der Waals surface area contributed by atoms with Crippen LogP contribution in [0.2, 0.25) is 0 Å². The van der Waals surface area contributed by atoms with Crippen LogP contribution in [0.25, 0.3) is 0 Å². The maximum Gasteiger partial charge on any atom is 0.227 e. The lowest BCUT2D eigenvalue weighted by Crippen LogP contribution is -2.37. The Bertz CT molecular complexity index is 911. The Balaban J connectivity index is 1.83. The van der Waals surface area contributed by atoms with Gasteiger partial charge in [-0.15, -0.1) is 0 Å². The number of fused-ring (bicyclic) bond motifs is 2. The fraction of sp³-hybridized carbons (Fsp3) is 0.273. The molecule has 1 aliphatic heterocycles. The molecule has 27 heavy (non-hydrogen) atoms. The van der Waals surface area contributed by atoms with Crippen molar-refractivity contribution >= 4 is 17.5 Å². The van der Waals surface area contributed by atoms with Crippen molar-refractivity contribution in [2.75, 3.05) is 11.5 Å². The first-order valence-corrected chi connectivity index (χ1v) is 8.98. The Morgan fingerprint density at radius 3 is 2.52 bits per heavy atom. The van der Waals surface area contributed by atoms with Crippen molar-refractivity contribution < 1.29 is 14.7 Å². The second-order valence-electron chi connectivity index (χ2n) is 6.56. The maximum atomic E-state index is 12.9. The molecule has 2 aromatic carbocycles. The van der Waals surface area contributed by atoms with Crippen LogP contribution in [0.5, 0.6) is 0 Å². The predicted octanol–water partition coefficient (Wildman–Crippen LogP) is 2.21. The summed E-state index contributed by atoms with van der Waals surface area (Å²) in [5, 5.41) is 11.7. The summed E-state index contributed by atoms with van der Waals surface area (Å²) in [6, 6.07) is 15.0. The minimum atomic E-state index is -0.322. The van der Waals surface area contributed by atoms with Crippen molar-refractivity contribution in [3.63, 3.8) is 0 Å². The summed E-state index contributed by atoms with van der Waals surface area (Å²) in [4.78, 5) is 26.6.